The van der Waals surface area contributed by atoms with E-state index in [1.54, 1.807) is 0 Å². The largest absolute Gasteiger partial charge is 0.480 e. The summed E-state index contributed by atoms with van der Waals surface area (Å²) in [6.07, 6.45) is 7.21. The van der Waals surface area contributed by atoms with Crippen molar-refractivity contribution in [3.05, 3.63) is 0 Å². The maximum absolute atomic E-state index is 11.3. The molecule has 1 aliphatic carbocycles. The van der Waals surface area contributed by atoms with Gasteiger partial charge in [-0.2, -0.15) is 0 Å². The van der Waals surface area contributed by atoms with Gasteiger partial charge in [0, 0.05) is 0 Å². The van der Waals surface area contributed by atoms with E-state index >= 15 is 0 Å². The van der Waals surface area contributed by atoms with Gasteiger partial charge in [0.2, 0.25) is 0 Å². The normalized spacial score (nSPS) is 19.9. The zero-order valence-corrected chi connectivity index (χ0v) is 10.6. The zero-order valence-electron chi connectivity index (χ0n) is 10.6. The van der Waals surface area contributed by atoms with Crippen molar-refractivity contribution in [1.82, 2.24) is 4.90 Å². The molecule has 94 valence electrons. The van der Waals surface area contributed by atoms with Crippen LogP contribution in [0.1, 0.15) is 52.4 Å². The molecule has 0 aromatic carbocycles. The second-order valence-electron chi connectivity index (χ2n) is 4.81. The number of aliphatic carboxylic acids is 1. The van der Waals surface area contributed by atoms with Crippen LogP contribution in [0.25, 0.3) is 0 Å². The molecule has 1 N–H and O–H groups in total. The van der Waals surface area contributed by atoms with Gasteiger partial charge in [-0.1, -0.05) is 46.0 Å². The van der Waals surface area contributed by atoms with Gasteiger partial charge in [0.05, 0.1) is 0 Å². The van der Waals surface area contributed by atoms with E-state index in [-0.39, 0.29) is 6.04 Å². The molecule has 0 aliphatic heterocycles. The summed E-state index contributed by atoms with van der Waals surface area (Å²) in [5.41, 5.74) is 0. The molecule has 1 fully saturated rings. The van der Waals surface area contributed by atoms with E-state index in [0.717, 1.165) is 19.5 Å². The Kier molecular flexibility index (Phi) is 5.81. The number of hydrogen-bond donors (Lipinski definition) is 1. The molecular formula is C13H25NO2. The summed E-state index contributed by atoms with van der Waals surface area (Å²) in [7, 11) is 0. The lowest BCUT2D eigenvalue weighted by molar-refractivity contribution is -0.144. The van der Waals surface area contributed by atoms with E-state index in [0.29, 0.717) is 5.92 Å². The van der Waals surface area contributed by atoms with Crippen LogP contribution >= 0.6 is 0 Å². The predicted octanol–water partition coefficient (Wildman–Crippen LogP) is 2.75. The fourth-order valence-corrected chi connectivity index (χ4v) is 2.81. The lowest BCUT2D eigenvalue weighted by Crippen LogP contribution is -2.42. The number of carboxylic acids is 1. The second-order valence-corrected chi connectivity index (χ2v) is 4.81. The number of hydrogen-bond acceptors (Lipinski definition) is 2. The molecule has 3 nitrogen and oxygen atoms in total. The Labute approximate surface area is 98.8 Å². The van der Waals surface area contributed by atoms with Crippen LogP contribution in [-0.2, 0) is 4.79 Å². The van der Waals surface area contributed by atoms with Crippen LogP contribution in [0.3, 0.4) is 0 Å². The first-order valence-electron chi connectivity index (χ1n) is 6.65. The summed E-state index contributed by atoms with van der Waals surface area (Å²) >= 11 is 0. The molecule has 1 atom stereocenters. The van der Waals surface area contributed by atoms with Crippen molar-refractivity contribution in [1.29, 1.82) is 0 Å². The fourth-order valence-electron chi connectivity index (χ4n) is 2.81. The Morgan fingerprint density at radius 1 is 1.25 bits per heavy atom. The van der Waals surface area contributed by atoms with E-state index < -0.39 is 5.97 Å². The standard InChI is InChI=1S/C13H25NO2/c1-3-14(4-2)12(13(15)16)10-11-8-6-5-7-9-11/h11-12H,3-10H2,1-2H3,(H,15,16)/t12-/m0/s1. The van der Waals surface area contributed by atoms with Gasteiger partial charge in [-0.25, -0.2) is 0 Å². The van der Waals surface area contributed by atoms with Crippen LogP contribution in [0.4, 0.5) is 0 Å². The van der Waals surface area contributed by atoms with Crippen molar-refractivity contribution in [3.8, 4) is 0 Å². The summed E-state index contributed by atoms with van der Waals surface area (Å²) in [6, 6.07) is -0.266. The topological polar surface area (TPSA) is 40.5 Å². The van der Waals surface area contributed by atoms with E-state index in [9.17, 15) is 9.90 Å². The first-order valence-corrected chi connectivity index (χ1v) is 6.65. The molecular weight excluding hydrogens is 202 g/mol. The Morgan fingerprint density at radius 2 is 1.81 bits per heavy atom. The minimum Gasteiger partial charge on any atom is -0.480 e. The van der Waals surface area contributed by atoms with Crippen LogP contribution in [-0.4, -0.2) is 35.1 Å². The van der Waals surface area contributed by atoms with Crippen LogP contribution < -0.4 is 0 Å². The van der Waals surface area contributed by atoms with E-state index in [1.165, 1.54) is 32.1 Å². The van der Waals surface area contributed by atoms with Gasteiger partial charge < -0.3 is 5.11 Å². The van der Waals surface area contributed by atoms with Gasteiger partial charge in [-0.15, -0.1) is 0 Å². The Bertz CT molecular complexity index is 208. The van der Waals surface area contributed by atoms with E-state index in [2.05, 4.69) is 4.90 Å². The van der Waals surface area contributed by atoms with Gasteiger partial charge in [0.15, 0.2) is 0 Å². The summed E-state index contributed by atoms with van der Waals surface area (Å²) in [6.45, 7) is 5.75. The van der Waals surface area contributed by atoms with E-state index in [4.69, 9.17) is 0 Å². The first-order chi connectivity index (χ1) is 7.69. The predicted molar refractivity (Wildman–Crippen MR) is 65.5 cm³/mol. The number of carboxylic acid groups (broad SMARTS) is 1. The monoisotopic (exact) mass is 227 g/mol. The number of carbonyl (C=O) groups is 1. The summed E-state index contributed by atoms with van der Waals surface area (Å²) in [5.74, 6) is -0.00952. The molecule has 3 heteroatoms. The molecule has 1 aliphatic rings. The highest BCUT2D eigenvalue weighted by molar-refractivity contribution is 5.73. The summed E-state index contributed by atoms with van der Waals surface area (Å²) < 4.78 is 0. The van der Waals surface area contributed by atoms with Gasteiger partial charge >= 0.3 is 5.97 Å². The Balaban J connectivity index is 2.52. The third-order valence-corrected chi connectivity index (χ3v) is 3.82. The number of likely N-dealkylation sites (N-methyl/N-ethyl adjacent to an activating group) is 1. The Morgan fingerprint density at radius 3 is 2.25 bits per heavy atom. The molecule has 1 saturated carbocycles. The van der Waals surface area contributed by atoms with E-state index in [1.807, 2.05) is 13.8 Å². The molecule has 0 aromatic rings. The quantitative estimate of drug-likeness (QED) is 0.758. The molecule has 0 unspecified atom stereocenters. The highest BCUT2D eigenvalue weighted by Gasteiger charge is 2.27. The lowest BCUT2D eigenvalue weighted by Gasteiger charge is -2.31. The molecule has 0 bridgehead atoms. The molecule has 0 radical (unpaired) electrons. The molecule has 1 rings (SSSR count). The van der Waals surface area contributed by atoms with Crippen molar-refractivity contribution in [2.45, 2.75) is 58.4 Å². The number of nitrogens with zero attached hydrogens (tertiary/aromatic N) is 1. The van der Waals surface area contributed by atoms with Crippen LogP contribution in [0.2, 0.25) is 0 Å². The Hall–Kier alpha value is -0.570. The maximum atomic E-state index is 11.3. The van der Waals surface area contributed by atoms with Crippen molar-refractivity contribution in [2.75, 3.05) is 13.1 Å². The molecule has 0 spiro atoms. The number of rotatable bonds is 6. The fraction of sp³-hybridized carbons (Fsp3) is 0.923. The van der Waals surface area contributed by atoms with Gasteiger partial charge in [-0.05, 0) is 25.4 Å². The lowest BCUT2D eigenvalue weighted by atomic mass is 9.84. The second kappa shape index (κ2) is 6.89. The van der Waals surface area contributed by atoms with Crippen molar-refractivity contribution in [2.24, 2.45) is 5.92 Å². The van der Waals surface area contributed by atoms with Crippen molar-refractivity contribution >= 4 is 5.97 Å². The SMILES string of the molecule is CCN(CC)[C@@H](CC1CCCCC1)C(=O)O. The molecule has 0 heterocycles. The van der Waals surface area contributed by atoms with Crippen molar-refractivity contribution < 1.29 is 9.90 Å². The minimum absolute atomic E-state index is 0.266. The highest BCUT2D eigenvalue weighted by atomic mass is 16.4. The zero-order chi connectivity index (χ0) is 12.0. The first kappa shape index (κ1) is 13.5. The third-order valence-electron chi connectivity index (χ3n) is 3.82. The molecule has 16 heavy (non-hydrogen) atoms. The molecule has 0 aromatic heterocycles. The van der Waals surface area contributed by atoms with Crippen LogP contribution in [0, 0.1) is 5.92 Å². The minimum atomic E-state index is -0.644. The summed E-state index contributed by atoms with van der Waals surface area (Å²) in [4.78, 5) is 13.4. The van der Waals surface area contributed by atoms with Crippen molar-refractivity contribution in [3.63, 3.8) is 0 Å². The molecule has 0 saturated heterocycles. The smallest absolute Gasteiger partial charge is 0.320 e. The summed E-state index contributed by atoms with van der Waals surface area (Å²) in [5, 5.41) is 9.29. The average Bonchev–Trinajstić information content (AvgIpc) is 2.30. The molecule has 0 amide bonds. The van der Waals surface area contributed by atoms with Crippen LogP contribution in [0.15, 0.2) is 0 Å². The van der Waals surface area contributed by atoms with Gasteiger partial charge in [0.25, 0.3) is 0 Å². The van der Waals surface area contributed by atoms with Gasteiger partial charge in [0.1, 0.15) is 6.04 Å². The third kappa shape index (κ3) is 3.78. The maximum Gasteiger partial charge on any atom is 0.320 e. The average molecular weight is 227 g/mol. The van der Waals surface area contributed by atoms with Gasteiger partial charge in [-0.3, -0.25) is 9.69 Å². The van der Waals surface area contributed by atoms with Crippen LogP contribution in [0.5, 0.6) is 0 Å². The highest BCUT2D eigenvalue weighted by Crippen LogP contribution is 2.28.